The van der Waals surface area contributed by atoms with E-state index in [1.807, 2.05) is 45.4 Å². The van der Waals surface area contributed by atoms with Gasteiger partial charge in [-0.15, -0.1) is 0 Å². The minimum absolute atomic E-state index is 0.329. The third kappa shape index (κ3) is 3.55. The molecule has 0 saturated carbocycles. The van der Waals surface area contributed by atoms with Gasteiger partial charge in [-0.1, -0.05) is 6.07 Å². The Bertz CT molecular complexity index is 619. The van der Waals surface area contributed by atoms with E-state index in [9.17, 15) is 4.79 Å². The number of benzene rings is 1. The van der Waals surface area contributed by atoms with Crippen molar-refractivity contribution >= 4 is 17.0 Å². The van der Waals surface area contributed by atoms with Gasteiger partial charge < -0.3 is 19.5 Å². The lowest BCUT2D eigenvalue weighted by Gasteiger charge is -2.15. The number of fused-ring (bicyclic) bond motifs is 1. The fraction of sp³-hybridized carbons (Fsp3) is 0.438. The van der Waals surface area contributed by atoms with E-state index in [0.29, 0.717) is 12.3 Å². The first kappa shape index (κ1) is 15.4. The van der Waals surface area contributed by atoms with Gasteiger partial charge in [0, 0.05) is 37.2 Å². The number of nitrogens with zero attached hydrogens (tertiary/aromatic N) is 2. The number of H-pyrrole nitrogens is 1. The Morgan fingerprint density at radius 3 is 2.71 bits per heavy atom. The molecule has 1 heterocycles. The van der Waals surface area contributed by atoms with Crippen molar-refractivity contribution in [1.82, 2.24) is 14.8 Å². The molecule has 0 saturated heterocycles. The number of rotatable bonds is 5. The summed E-state index contributed by atoms with van der Waals surface area (Å²) in [4.78, 5) is 18.9. The molecule has 2 rings (SSSR count). The Morgan fingerprint density at radius 2 is 2.05 bits per heavy atom. The molecule has 0 aliphatic rings. The summed E-state index contributed by atoms with van der Waals surface area (Å²) in [5.74, 6) is 0.618. The summed E-state index contributed by atoms with van der Waals surface area (Å²) in [6.07, 6.45) is 2.57. The lowest BCUT2D eigenvalue weighted by Crippen LogP contribution is -2.29. The van der Waals surface area contributed by atoms with Gasteiger partial charge in [-0.25, -0.2) is 4.79 Å². The van der Waals surface area contributed by atoms with Crippen molar-refractivity contribution < 1.29 is 9.53 Å². The second-order valence-electron chi connectivity index (χ2n) is 5.43. The number of aromatic amines is 1. The third-order valence-electron chi connectivity index (χ3n) is 3.56. The minimum Gasteiger partial charge on any atom is -0.409 e. The summed E-state index contributed by atoms with van der Waals surface area (Å²) in [5.41, 5.74) is 2.16. The highest BCUT2D eigenvalue weighted by atomic mass is 16.6. The first-order valence-electron chi connectivity index (χ1n) is 7.19. The monoisotopic (exact) mass is 289 g/mol. The van der Waals surface area contributed by atoms with Gasteiger partial charge in [-0.3, -0.25) is 0 Å². The van der Waals surface area contributed by atoms with Gasteiger partial charge in [0.1, 0.15) is 5.75 Å². The average molecular weight is 289 g/mol. The van der Waals surface area contributed by atoms with E-state index in [4.69, 9.17) is 4.74 Å². The van der Waals surface area contributed by atoms with Gasteiger partial charge in [0.2, 0.25) is 0 Å². The fourth-order valence-corrected chi connectivity index (χ4v) is 2.15. The van der Waals surface area contributed by atoms with Crippen molar-refractivity contribution in [3.63, 3.8) is 0 Å². The highest BCUT2D eigenvalue weighted by Crippen LogP contribution is 2.29. The zero-order valence-corrected chi connectivity index (χ0v) is 13.1. The highest BCUT2D eigenvalue weighted by molar-refractivity contribution is 5.91. The fourth-order valence-electron chi connectivity index (χ4n) is 2.15. The number of nitrogens with one attached hydrogen (secondary N) is 1. The number of hydrogen-bond donors (Lipinski definition) is 1. The number of hydrogen-bond acceptors (Lipinski definition) is 3. The lowest BCUT2D eigenvalue weighted by atomic mass is 10.1. The summed E-state index contributed by atoms with van der Waals surface area (Å²) in [6, 6.07) is 5.73. The molecule has 0 aliphatic carbocycles. The van der Waals surface area contributed by atoms with Crippen LogP contribution in [-0.4, -0.2) is 55.1 Å². The predicted octanol–water partition coefficient (Wildman–Crippen LogP) is 2.72. The van der Waals surface area contributed by atoms with Gasteiger partial charge in [0.25, 0.3) is 0 Å². The van der Waals surface area contributed by atoms with Crippen molar-refractivity contribution in [2.45, 2.75) is 13.3 Å². The maximum atomic E-state index is 12.0. The van der Waals surface area contributed by atoms with Gasteiger partial charge in [-0.2, -0.15) is 0 Å². The second kappa shape index (κ2) is 6.63. The molecule has 0 fully saturated rings. The summed E-state index contributed by atoms with van der Waals surface area (Å²) >= 11 is 0. The van der Waals surface area contributed by atoms with Crippen molar-refractivity contribution in [3.8, 4) is 5.75 Å². The largest absolute Gasteiger partial charge is 0.414 e. The van der Waals surface area contributed by atoms with E-state index in [1.165, 1.54) is 5.56 Å². The van der Waals surface area contributed by atoms with E-state index in [1.54, 1.807) is 11.9 Å². The van der Waals surface area contributed by atoms with Crippen LogP contribution in [0.5, 0.6) is 5.75 Å². The van der Waals surface area contributed by atoms with Crippen LogP contribution in [0, 0.1) is 0 Å². The molecule has 1 aromatic heterocycles. The zero-order chi connectivity index (χ0) is 15.4. The molecule has 114 valence electrons. The first-order valence-corrected chi connectivity index (χ1v) is 7.19. The molecular formula is C16H23N3O2. The molecule has 0 atom stereocenters. The Hall–Kier alpha value is -2.01. The van der Waals surface area contributed by atoms with Crippen LogP contribution >= 0.6 is 0 Å². The predicted molar refractivity (Wildman–Crippen MR) is 84.9 cm³/mol. The molecule has 21 heavy (non-hydrogen) atoms. The number of aromatic nitrogens is 1. The number of likely N-dealkylation sites (N-methyl/N-ethyl adjacent to an activating group) is 1. The van der Waals surface area contributed by atoms with Crippen molar-refractivity contribution in [2.75, 3.05) is 34.2 Å². The molecular weight excluding hydrogens is 266 g/mol. The normalized spacial score (nSPS) is 11.1. The Kier molecular flexibility index (Phi) is 4.85. The van der Waals surface area contributed by atoms with Crippen molar-refractivity contribution in [1.29, 1.82) is 0 Å². The zero-order valence-electron chi connectivity index (χ0n) is 13.1. The molecule has 5 heteroatoms. The lowest BCUT2D eigenvalue weighted by molar-refractivity contribution is 0.166. The summed E-state index contributed by atoms with van der Waals surface area (Å²) < 4.78 is 5.54. The SMILES string of the molecule is CCN(C)C(=O)Oc1cccc2[nH]cc(CCN(C)C)c12. The van der Waals surface area contributed by atoms with Gasteiger partial charge >= 0.3 is 6.09 Å². The molecule has 0 aliphatic heterocycles. The number of amides is 1. The van der Waals surface area contributed by atoms with Gasteiger partial charge in [0.15, 0.2) is 0 Å². The molecule has 5 nitrogen and oxygen atoms in total. The Morgan fingerprint density at radius 1 is 1.29 bits per heavy atom. The molecule has 0 unspecified atom stereocenters. The summed E-state index contributed by atoms with van der Waals surface area (Å²) in [6.45, 7) is 3.49. The molecule has 1 N–H and O–H groups in total. The number of carbonyl (C=O) groups is 1. The van der Waals surface area contributed by atoms with Crippen LogP contribution in [-0.2, 0) is 6.42 Å². The van der Waals surface area contributed by atoms with E-state index < -0.39 is 0 Å². The molecule has 1 amide bonds. The maximum Gasteiger partial charge on any atom is 0.414 e. The third-order valence-corrected chi connectivity index (χ3v) is 3.56. The quantitative estimate of drug-likeness (QED) is 0.920. The topological polar surface area (TPSA) is 48.6 Å². The van der Waals surface area contributed by atoms with Crippen LogP contribution in [0.15, 0.2) is 24.4 Å². The van der Waals surface area contributed by atoms with Crippen LogP contribution in [0.25, 0.3) is 10.9 Å². The summed E-state index contributed by atoms with van der Waals surface area (Å²) in [7, 11) is 5.82. The van der Waals surface area contributed by atoms with Crippen LogP contribution in [0.3, 0.4) is 0 Å². The van der Waals surface area contributed by atoms with E-state index in [2.05, 4.69) is 9.88 Å². The molecule has 1 aromatic carbocycles. The first-order chi connectivity index (χ1) is 10.0. The standard InChI is InChI=1S/C16H23N3O2/c1-5-19(4)16(20)21-14-8-6-7-13-15(14)12(11-17-13)9-10-18(2)3/h6-8,11,17H,5,9-10H2,1-4H3. The smallest absolute Gasteiger partial charge is 0.409 e. The van der Waals surface area contributed by atoms with Crippen LogP contribution in [0.1, 0.15) is 12.5 Å². The highest BCUT2D eigenvalue weighted by Gasteiger charge is 2.14. The molecule has 0 spiro atoms. The Labute approximate surface area is 125 Å². The molecule has 0 bridgehead atoms. The average Bonchev–Trinajstić information content (AvgIpc) is 2.88. The maximum absolute atomic E-state index is 12.0. The van der Waals surface area contributed by atoms with E-state index >= 15 is 0 Å². The number of ether oxygens (including phenoxy) is 1. The van der Waals surface area contributed by atoms with Gasteiger partial charge in [-0.05, 0) is 45.1 Å². The Balaban J connectivity index is 2.30. The summed E-state index contributed by atoms with van der Waals surface area (Å²) in [5, 5.41) is 0.997. The van der Waals surface area contributed by atoms with Crippen LogP contribution in [0.2, 0.25) is 0 Å². The van der Waals surface area contributed by atoms with Crippen molar-refractivity contribution in [2.24, 2.45) is 0 Å². The van der Waals surface area contributed by atoms with Crippen LogP contribution in [0.4, 0.5) is 4.79 Å². The number of carbonyl (C=O) groups excluding carboxylic acids is 1. The molecule has 0 radical (unpaired) electrons. The van der Waals surface area contributed by atoms with E-state index in [0.717, 1.165) is 23.9 Å². The van der Waals surface area contributed by atoms with Crippen molar-refractivity contribution in [3.05, 3.63) is 30.0 Å². The van der Waals surface area contributed by atoms with E-state index in [-0.39, 0.29) is 6.09 Å². The second-order valence-corrected chi connectivity index (χ2v) is 5.43. The molecule has 2 aromatic rings. The minimum atomic E-state index is -0.329. The van der Waals surface area contributed by atoms with Gasteiger partial charge in [0.05, 0.1) is 0 Å². The van der Waals surface area contributed by atoms with Crippen LogP contribution < -0.4 is 4.74 Å².